The van der Waals surface area contributed by atoms with Crippen LogP contribution in [0.15, 0.2) is 12.4 Å². The maximum Gasteiger partial charge on any atom is 0.421 e. The Morgan fingerprint density at radius 3 is 2.62 bits per heavy atom. The van der Waals surface area contributed by atoms with Crippen LogP contribution in [-0.4, -0.2) is 26.3 Å². The smallest absolute Gasteiger partial charge is 0.370 e. The third-order valence-electron chi connectivity index (χ3n) is 4.82. The molecule has 0 saturated heterocycles. The predicted molar refractivity (Wildman–Crippen MR) is 91.5 cm³/mol. The fraction of sp³-hybridized carbons (Fsp3) is 0.588. The van der Waals surface area contributed by atoms with Crippen LogP contribution < -0.4 is 10.6 Å². The molecular formula is C17H21F3N6. The van der Waals surface area contributed by atoms with E-state index in [4.69, 9.17) is 5.10 Å². The highest BCUT2D eigenvalue weighted by Gasteiger charge is 2.38. The van der Waals surface area contributed by atoms with Crippen molar-refractivity contribution in [2.24, 2.45) is 5.92 Å². The van der Waals surface area contributed by atoms with Gasteiger partial charge in [0.2, 0.25) is 5.95 Å². The van der Waals surface area contributed by atoms with Gasteiger partial charge < -0.3 is 10.6 Å². The molecule has 0 spiro atoms. The largest absolute Gasteiger partial charge is 0.421 e. The Morgan fingerprint density at radius 2 is 2.04 bits per heavy atom. The Bertz CT molecular complexity index is 811. The van der Waals surface area contributed by atoms with Crippen LogP contribution in [0.25, 0.3) is 0 Å². The summed E-state index contributed by atoms with van der Waals surface area (Å²) in [6.07, 6.45) is 1.52. The molecule has 26 heavy (non-hydrogen) atoms. The molecule has 0 aromatic carbocycles. The maximum absolute atomic E-state index is 13.1. The summed E-state index contributed by atoms with van der Waals surface area (Å²) in [7, 11) is 0. The lowest BCUT2D eigenvalue weighted by atomic mass is 10.2. The second-order valence-electron chi connectivity index (χ2n) is 7.07. The lowest BCUT2D eigenvalue weighted by molar-refractivity contribution is -0.137. The van der Waals surface area contributed by atoms with Crippen LogP contribution in [0.2, 0.25) is 0 Å². The number of hydrogen-bond donors (Lipinski definition) is 2. The first kappa shape index (κ1) is 17.1. The summed E-state index contributed by atoms with van der Waals surface area (Å²) in [5, 5.41) is 10.4. The SMILES string of the molecule is CCNc1nc(Nc2cn([C@H]3C[C@H]3C)nc2C2CC2)ncc1C(F)(F)F. The normalized spacial score (nSPS) is 22.3. The third-order valence-corrected chi connectivity index (χ3v) is 4.82. The molecule has 2 N–H and O–H groups in total. The van der Waals surface area contributed by atoms with E-state index in [1.165, 1.54) is 0 Å². The molecule has 0 unspecified atom stereocenters. The van der Waals surface area contributed by atoms with Gasteiger partial charge in [0.05, 0.1) is 17.4 Å². The number of alkyl halides is 3. The average molecular weight is 366 g/mol. The van der Waals surface area contributed by atoms with E-state index in [9.17, 15) is 13.2 Å². The van der Waals surface area contributed by atoms with Crippen molar-refractivity contribution in [2.75, 3.05) is 17.2 Å². The molecule has 2 atom stereocenters. The van der Waals surface area contributed by atoms with Gasteiger partial charge in [0, 0.05) is 24.9 Å². The van der Waals surface area contributed by atoms with Crippen molar-refractivity contribution in [1.29, 1.82) is 0 Å². The van der Waals surface area contributed by atoms with Crippen molar-refractivity contribution >= 4 is 17.5 Å². The fourth-order valence-corrected chi connectivity index (χ4v) is 3.07. The lowest BCUT2D eigenvalue weighted by Crippen LogP contribution is -2.14. The van der Waals surface area contributed by atoms with Gasteiger partial charge in [-0.1, -0.05) is 6.92 Å². The average Bonchev–Trinajstić information content (AvgIpc) is 3.48. The number of rotatable bonds is 6. The Hall–Kier alpha value is -2.32. The van der Waals surface area contributed by atoms with E-state index in [0.29, 0.717) is 24.4 Å². The van der Waals surface area contributed by atoms with E-state index in [2.05, 4.69) is 27.5 Å². The first-order valence-electron chi connectivity index (χ1n) is 8.91. The van der Waals surface area contributed by atoms with E-state index >= 15 is 0 Å². The van der Waals surface area contributed by atoms with Gasteiger partial charge in [0.25, 0.3) is 0 Å². The van der Waals surface area contributed by atoms with Gasteiger partial charge in [-0.3, -0.25) is 4.68 Å². The summed E-state index contributed by atoms with van der Waals surface area (Å²) in [5.74, 6) is 0.945. The molecule has 2 aromatic rings. The topological polar surface area (TPSA) is 67.7 Å². The molecule has 6 nitrogen and oxygen atoms in total. The quantitative estimate of drug-likeness (QED) is 0.797. The lowest BCUT2D eigenvalue weighted by Gasteiger charge is -2.13. The Morgan fingerprint density at radius 1 is 1.31 bits per heavy atom. The standard InChI is InChI=1S/C17H21F3N6/c1-3-21-15-11(17(18,19)20)7-22-16(24-15)23-12-8-26(13-6-9(13)2)25-14(12)10-4-5-10/h7-10,13H,3-6H2,1-2H3,(H2,21,22,23,24)/t9-,13+/m1/s1. The molecule has 2 fully saturated rings. The predicted octanol–water partition coefficient (Wildman–Crippen LogP) is 4.33. The minimum absolute atomic E-state index is 0.138. The molecule has 2 aromatic heterocycles. The Balaban J connectivity index is 1.62. The van der Waals surface area contributed by atoms with Crippen molar-refractivity contribution in [2.45, 2.75) is 51.2 Å². The number of anilines is 3. The van der Waals surface area contributed by atoms with Gasteiger partial charge in [0.1, 0.15) is 11.4 Å². The third kappa shape index (κ3) is 3.34. The van der Waals surface area contributed by atoms with E-state index in [1.54, 1.807) is 6.92 Å². The highest BCUT2D eigenvalue weighted by molar-refractivity contribution is 5.59. The summed E-state index contributed by atoms with van der Waals surface area (Å²) in [6.45, 7) is 4.24. The molecule has 2 heterocycles. The summed E-state index contributed by atoms with van der Waals surface area (Å²) >= 11 is 0. The second kappa shape index (κ2) is 6.14. The van der Waals surface area contributed by atoms with Crippen LogP contribution >= 0.6 is 0 Å². The minimum Gasteiger partial charge on any atom is -0.370 e. The molecule has 140 valence electrons. The van der Waals surface area contributed by atoms with Crippen LogP contribution in [-0.2, 0) is 6.18 Å². The van der Waals surface area contributed by atoms with Gasteiger partial charge in [0.15, 0.2) is 0 Å². The van der Waals surface area contributed by atoms with Gasteiger partial charge in [-0.15, -0.1) is 0 Å². The van der Waals surface area contributed by atoms with Crippen molar-refractivity contribution in [1.82, 2.24) is 19.7 Å². The van der Waals surface area contributed by atoms with Crippen molar-refractivity contribution in [3.05, 3.63) is 23.7 Å². The van der Waals surface area contributed by atoms with E-state index in [-0.39, 0.29) is 11.8 Å². The molecule has 0 aliphatic heterocycles. The first-order valence-corrected chi connectivity index (χ1v) is 8.91. The van der Waals surface area contributed by atoms with E-state index in [0.717, 1.165) is 36.8 Å². The van der Waals surface area contributed by atoms with Crippen LogP contribution in [0.4, 0.5) is 30.6 Å². The summed E-state index contributed by atoms with van der Waals surface area (Å²) < 4.78 is 41.2. The molecule has 2 saturated carbocycles. The van der Waals surface area contributed by atoms with E-state index in [1.807, 2.05) is 10.9 Å². The van der Waals surface area contributed by atoms with E-state index < -0.39 is 11.7 Å². The molecule has 2 aliphatic rings. The van der Waals surface area contributed by atoms with Crippen LogP contribution in [0.3, 0.4) is 0 Å². The molecule has 4 rings (SSSR count). The molecule has 9 heteroatoms. The zero-order valence-electron chi connectivity index (χ0n) is 14.6. The van der Waals surface area contributed by atoms with Gasteiger partial charge in [-0.25, -0.2) is 4.98 Å². The zero-order chi connectivity index (χ0) is 18.5. The Labute approximate surface area is 149 Å². The monoisotopic (exact) mass is 366 g/mol. The van der Waals surface area contributed by atoms with Gasteiger partial charge >= 0.3 is 6.18 Å². The number of hydrogen-bond acceptors (Lipinski definition) is 5. The molecule has 0 amide bonds. The molecule has 2 aliphatic carbocycles. The number of aromatic nitrogens is 4. The van der Waals surface area contributed by atoms with Gasteiger partial charge in [-0.2, -0.15) is 23.3 Å². The summed E-state index contributed by atoms with van der Waals surface area (Å²) in [5.41, 5.74) is 0.876. The zero-order valence-corrected chi connectivity index (χ0v) is 14.6. The highest BCUT2D eigenvalue weighted by atomic mass is 19.4. The number of nitrogens with zero attached hydrogens (tertiary/aromatic N) is 4. The van der Waals surface area contributed by atoms with Crippen molar-refractivity contribution < 1.29 is 13.2 Å². The van der Waals surface area contributed by atoms with Crippen LogP contribution in [0.1, 0.15) is 56.3 Å². The molecular weight excluding hydrogens is 345 g/mol. The number of nitrogens with one attached hydrogen (secondary N) is 2. The number of halogens is 3. The van der Waals surface area contributed by atoms with Crippen LogP contribution in [0.5, 0.6) is 0 Å². The first-order chi connectivity index (χ1) is 12.4. The highest BCUT2D eigenvalue weighted by Crippen LogP contribution is 2.47. The maximum atomic E-state index is 13.1. The summed E-state index contributed by atoms with van der Waals surface area (Å²) in [6, 6.07) is 0.411. The fourth-order valence-electron chi connectivity index (χ4n) is 3.07. The van der Waals surface area contributed by atoms with Gasteiger partial charge in [-0.05, 0) is 32.1 Å². The summed E-state index contributed by atoms with van der Waals surface area (Å²) in [4.78, 5) is 7.91. The van der Waals surface area contributed by atoms with Crippen molar-refractivity contribution in [3.63, 3.8) is 0 Å². The Kier molecular flexibility index (Phi) is 4.04. The second-order valence-corrected chi connectivity index (χ2v) is 7.07. The minimum atomic E-state index is -4.50. The van der Waals surface area contributed by atoms with Crippen LogP contribution in [0, 0.1) is 5.92 Å². The molecule has 0 bridgehead atoms. The van der Waals surface area contributed by atoms with Crippen molar-refractivity contribution in [3.8, 4) is 0 Å². The molecule has 0 radical (unpaired) electrons.